The zero-order valence-electron chi connectivity index (χ0n) is 21.4. The number of rotatable bonds is 8. The number of carbonyl (C=O) groups excluding carboxylic acids is 1. The summed E-state index contributed by atoms with van der Waals surface area (Å²) in [7, 11) is 0. The lowest BCUT2D eigenvalue weighted by Crippen LogP contribution is -2.33. The number of ether oxygens (including phenoxy) is 1. The number of hydrogen-bond donors (Lipinski definition) is 6. The number of aliphatic hydroxyl groups excluding tert-OH is 3. The Bertz CT molecular complexity index is 1520. The molecule has 0 radical (unpaired) electrons. The van der Waals surface area contributed by atoms with Crippen LogP contribution >= 0.6 is 22.6 Å². The molecule has 4 atom stereocenters. The third-order valence-corrected chi connectivity index (χ3v) is 8.07. The van der Waals surface area contributed by atoms with E-state index in [9.17, 15) is 20.1 Å². The fourth-order valence-corrected chi connectivity index (χ4v) is 5.86. The SMILES string of the molecule is O=C(Nc1c[nH]nc1-c1nc(NCc2cccc(I)c2)c2ncn([C@@H]3O[C@H](CO)[C@@H](O)[C@H]3O)c2n1)C1CCCC1. The van der Waals surface area contributed by atoms with Gasteiger partial charge in [0.25, 0.3) is 0 Å². The number of H-pyrrole nitrogens is 1. The van der Waals surface area contributed by atoms with Crippen LogP contribution in [0.15, 0.2) is 36.8 Å². The van der Waals surface area contributed by atoms with Crippen molar-refractivity contribution >= 4 is 51.2 Å². The highest BCUT2D eigenvalue weighted by atomic mass is 127. The second kappa shape index (κ2) is 11.4. The van der Waals surface area contributed by atoms with E-state index in [0.717, 1.165) is 34.8 Å². The number of aliphatic hydroxyl groups is 3. The van der Waals surface area contributed by atoms with Crippen molar-refractivity contribution in [1.82, 2.24) is 29.7 Å². The number of fused-ring (bicyclic) bond motifs is 1. The first-order valence-electron chi connectivity index (χ1n) is 13.1. The van der Waals surface area contributed by atoms with Crippen LogP contribution in [0.1, 0.15) is 37.5 Å². The molecule has 4 aromatic rings. The minimum Gasteiger partial charge on any atom is -0.394 e. The van der Waals surface area contributed by atoms with Crippen LogP contribution in [0.5, 0.6) is 0 Å². The highest BCUT2D eigenvalue weighted by Gasteiger charge is 2.44. The van der Waals surface area contributed by atoms with Crippen molar-refractivity contribution in [2.24, 2.45) is 5.92 Å². The van der Waals surface area contributed by atoms with Gasteiger partial charge in [0.15, 0.2) is 34.7 Å². The Morgan fingerprint density at radius 3 is 2.77 bits per heavy atom. The standard InChI is InChI=1S/C26H29IN8O5/c27-15-7-3-4-13(8-15)9-28-22-19-24(35(12-29-19)26-21(38)20(37)17(11-36)40-26)33-23(32-22)18-16(10-30-34-18)31-25(39)14-5-1-2-6-14/h3-4,7-8,10,12,14,17,20-21,26,36-38H,1-2,5-6,9,11H2,(H,30,34)(H,31,39)(H,28,32,33)/t17-,20-,21-,26-/m1/s1. The van der Waals surface area contributed by atoms with Gasteiger partial charge in [0.05, 0.1) is 18.6 Å². The molecule has 0 bridgehead atoms. The van der Waals surface area contributed by atoms with Gasteiger partial charge in [-0.2, -0.15) is 5.10 Å². The lowest BCUT2D eigenvalue weighted by Gasteiger charge is -2.17. The van der Waals surface area contributed by atoms with Crippen molar-refractivity contribution in [3.8, 4) is 11.5 Å². The average molecular weight is 660 g/mol. The number of anilines is 2. The summed E-state index contributed by atoms with van der Waals surface area (Å²) in [6, 6.07) is 8.03. The van der Waals surface area contributed by atoms with E-state index in [1.54, 1.807) is 6.20 Å². The number of amides is 1. The highest BCUT2D eigenvalue weighted by molar-refractivity contribution is 14.1. The first kappa shape index (κ1) is 27.0. The van der Waals surface area contributed by atoms with Crippen LogP contribution < -0.4 is 10.6 Å². The highest BCUT2D eigenvalue weighted by Crippen LogP contribution is 2.34. The molecule has 14 heteroatoms. The van der Waals surface area contributed by atoms with Crippen molar-refractivity contribution in [3.63, 3.8) is 0 Å². The molecule has 3 aromatic heterocycles. The van der Waals surface area contributed by atoms with Gasteiger partial charge in [-0.05, 0) is 53.1 Å². The van der Waals surface area contributed by atoms with Crippen molar-refractivity contribution in [1.29, 1.82) is 0 Å². The molecule has 1 saturated heterocycles. The van der Waals surface area contributed by atoms with Crippen molar-refractivity contribution in [2.75, 3.05) is 17.2 Å². The summed E-state index contributed by atoms with van der Waals surface area (Å²) >= 11 is 2.25. The molecule has 210 valence electrons. The number of benzene rings is 1. The zero-order chi connectivity index (χ0) is 27.8. The fourth-order valence-electron chi connectivity index (χ4n) is 5.25. The Hall–Kier alpha value is -3.18. The number of halogens is 1. The number of imidazole rings is 1. The van der Waals surface area contributed by atoms with E-state index >= 15 is 0 Å². The average Bonchev–Trinajstić information content (AvgIpc) is 3.76. The summed E-state index contributed by atoms with van der Waals surface area (Å²) in [4.78, 5) is 26.8. The molecule has 6 rings (SSSR count). The minimum atomic E-state index is -1.32. The molecular weight excluding hydrogens is 631 g/mol. The topological polar surface area (TPSA) is 183 Å². The van der Waals surface area contributed by atoms with Crippen LogP contribution in [0.4, 0.5) is 11.5 Å². The van der Waals surface area contributed by atoms with Gasteiger partial charge in [-0.15, -0.1) is 0 Å². The second-order valence-electron chi connectivity index (χ2n) is 10.1. The van der Waals surface area contributed by atoms with E-state index in [1.807, 2.05) is 18.2 Å². The molecule has 4 heterocycles. The summed E-state index contributed by atoms with van der Waals surface area (Å²) in [5.41, 5.74) is 2.57. The van der Waals surface area contributed by atoms with E-state index in [4.69, 9.17) is 14.7 Å². The summed E-state index contributed by atoms with van der Waals surface area (Å²) in [6.07, 6.45) is 2.25. The predicted octanol–water partition coefficient (Wildman–Crippen LogP) is 2.17. The predicted molar refractivity (Wildman–Crippen MR) is 153 cm³/mol. The third kappa shape index (κ3) is 5.16. The van der Waals surface area contributed by atoms with Gasteiger partial charge in [0, 0.05) is 22.2 Å². The molecule has 1 amide bonds. The molecule has 0 unspecified atom stereocenters. The van der Waals surface area contributed by atoms with E-state index in [0.29, 0.717) is 34.9 Å². The number of nitrogens with zero attached hydrogens (tertiary/aromatic N) is 5. The van der Waals surface area contributed by atoms with Crippen molar-refractivity contribution < 1.29 is 24.9 Å². The number of carbonyl (C=O) groups is 1. The summed E-state index contributed by atoms with van der Waals surface area (Å²) in [5, 5.41) is 44.0. The Balaban J connectivity index is 1.39. The van der Waals surface area contributed by atoms with Gasteiger partial charge in [0.1, 0.15) is 18.3 Å². The van der Waals surface area contributed by atoms with Crippen LogP contribution in [-0.4, -0.2) is 75.9 Å². The van der Waals surface area contributed by atoms with Gasteiger partial charge >= 0.3 is 0 Å². The quantitative estimate of drug-likeness (QED) is 0.153. The number of aromatic amines is 1. The molecule has 2 aliphatic rings. The Morgan fingerprint density at radius 1 is 1.20 bits per heavy atom. The Labute approximate surface area is 242 Å². The molecule has 1 aromatic carbocycles. The molecule has 1 aliphatic carbocycles. The second-order valence-corrected chi connectivity index (χ2v) is 11.3. The van der Waals surface area contributed by atoms with Crippen LogP contribution in [0.25, 0.3) is 22.7 Å². The van der Waals surface area contributed by atoms with Gasteiger partial charge < -0.3 is 30.7 Å². The molecular formula is C26H29IN8O5. The smallest absolute Gasteiger partial charge is 0.227 e. The number of hydrogen-bond acceptors (Lipinski definition) is 10. The molecule has 13 nitrogen and oxygen atoms in total. The lowest BCUT2D eigenvalue weighted by molar-refractivity contribution is -0.119. The Morgan fingerprint density at radius 2 is 2.02 bits per heavy atom. The summed E-state index contributed by atoms with van der Waals surface area (Å²) in [5.74, 6) is 0.537. The molecule has 2 fully saturated rings. The van der Waals surface area contributed by atoms with Crippen LogP contribution in [0.3, 0.4) is 0 Å². The minimum absolute atomic E-state index is 0.0367. The number of nitrogens with one attached hydrogen (secondary N) is 3. The molecule has 40 heavy (non-hydrogen) atoms. The van der Waals surface area contributed by atoms with Gasteiger partial charge in [-0.3, -0.25) is 14.5 Å². The number of aromatic nitrogens is 6. The van der Waals surface area contributed by atoms with Crippen molar-refractivity contribution in [2.45, 2.75) is 56.8 Å². The first-order valence-corrected chi connectivity index (χ1v) is 14.2. The Kier molecular flexibility index (Phi) is 7.67. The normalized spacial score (nSPS) is 23.2. The maximum atomic E-state index is 12.9. The molecule has 6 N–H and O–H groups in total. The van der Waals surface area contributed by atoms with E-state index in [1.165, 1.54) is 10.9 Å². The van der Waals surface area contributed by atoms with Gasteiger partial charge in [0.2, 0.25) is 5.91 Å². The van der Waals surface area contributed by atoms with Crippen LogP contribution in [0, 0.1) is 9.49 Å². The van der Waals surface area contributed by atoms with Crippen LogP contribution in [-0.2, 0) is 16.1 Å². The first-order chi connectivity index (χ1) is 19.4. The monoisotopic (exact) mass is 660 g/mol. The largest absolute Gasteiger partial charge is 0.394 e. The summed E-state index contributed by atoms with van der Waals surface area (Å²) < 4.78 is 8.35. The van der Waals surface area contributed by atoms with Crippen LogP contribution in [0.2, 0.25) is 0 Å². The van der Waals surface area contributed by atoms with E-state index in [-0.39, 0.29) is 17.6 Å². The maximum Gasteiger partial charge on any atom is 0.227 e. The van der Waals surface area contributed by atoms with Gasteiger partial charge in [-0.25, -0.2) is 15.0 Å². The fraction of sp³-hybridized carbons (Fsp3) is 0.423. The maximum absolute atomic E-state index is 12.9. The van der Waals surface area contributed by atoms with E-state index in [2.05, 4.69) is 54.5 Å². The van der Waals surface area contributed by atoms with E-state index < -0.39 is 31.1 Å². The lowest BCUT2D eigenvalue weighted by atomic mass is 10.1. The molecule has 1 aliphatic heterocycles. The van der Waals surface area contributed by atoms with Gasteiger partial charge in [-0.1, -0.05) is 25.0 Å². The molecule has 0 spiro atoms. The van der Waals surface area contributed by atoms with Crippen molar-refractivity contribution in [3.05, 3.63) is 45.9 Å². The zero-order valence-corrected chi connectivity index (χ0v) is 23.5. The third-order valence-electron chi connectivity index (χ3n) is 7.40. The molecule has 1 saturated carbocycles. The summed E-state index contributed by atoms with van der Waals surface area (Å²) in [6.45, 7) is -0.00343.